The van der Waals surface area contributed by atoms with Crippen molar-refractivity contribution in [1.82, 2.24) is 20.6 Å². The molecular weight excluding hydrogens is 974 g/mol. The molecule has 2 N–H and O–H groups in total. The van der Waals surface area contributed by atoms with Crippen LogP contribution in [0.5, 0.6) is 0 Å². The van der Waals surface area contributed by atoms with Gasteiger partial charge in [0, 0.05) is 94.0 Å². The van der Waals surface area contributed by atoms with E-state index >= 15 is 0 Å². The van der Waals surface area contributed by atoms with Crippen molar-refractivity contribution in [1.29, 1.82) is 0 Å². The third-order valence-corrected chi connectivity index (χ3v) is 7.39. The number of aliphatic hydroxyl groups excluding tert-OH is 2. The molecule has 22 heteroatoms. The van der Waals surface area contributed by atoms with E-state index in [2.05, 4.69) is 51.9 Å². The van der Waals surface area contributed by atoms with E-state index in [0.717, 1.165) is 0 Å². The molecule has 0 aliphatic heterocycles. The molecule has 0 saturated carbocycles. The minimum Gasteiger partial charge on any atom is -0.560 e. The Hall–Kier alpha value is -3.26. The Morgan fingerprint density at radius 1 is 0.684 bits per heavy atom. The van der Waals surface area contributed by atoms with Gasteiger partial charge in [-0.25, -0.2) is 19.2 Å². The first-order valence-corrected chi connectivity index (χ1v) is 17.2. The second kappa shape index (κ2) is 29.0. The molecule has 0 amide bonds. The van der Waals surface area contributed by atoms with Crippen LogP contribution in [0.4, 0.5) is 0 Å². The van der Waals surface area contributed by atoms with Crippen LogP contribution in [0.3, 0.4) is 0 Å². The van der Waals surface area contributed by atoms with Crippen LogP contribution in [0, 0.1) is 39.9 Å². The van der Waals surface area contributed by atoms with Gasteiger partial charge >= 0.3 is 23.9 Å². The second-order valence-corrected chi connectivity index (χ2v) is 11.2. The Labute approximate surface area is 387 Å². The number of hydrogen-bond donors (Lipinski definition) is 2. The quantitative estimate of drug-likeness (QED) is 0.0713. The largest absolute Gasteiger partial charge is 0.560 e. The molecule has 57 heavy (non-hydrogen) atoms. The van der Waals surface area contributed by atoms with Crippen molar-refractivity contribution in [3.05, 3.63) is 79.2 Å². The van der Waals surface area contributed by atoms with E-state index in [1.165, 1.54) is 6.92 Å². The van der Waals surface area contributed by atoms with Gasteiger partial charge in [-0.2, -0.15) is 19.1 Å². The van der Waals surface area contributed by atoms with Crippen LogP contribution in [-0.4, -0.2) is 87.4 Å². The van der Waals surface area contributed by atoms with Gasteiger partial charge in [-0.3, -0.25) is 10.9 Å². The summed E-state index contributed by atoms with van der Waals surface area (Å²) in [6, 6.07) is 0. The Morgan fingerprint density at radius 2 is 1.04 bits per heavy atom. The maximum absolute atomic E-state index is 11.4. The molecule has 0 spiro atoms. The van der Waals surface area contributed by atoms with Gasteiger partial charge in [0.1, 0.15) is 5.76 Å². The van der Waals surface area contributed by atoms with E-state index in [9.17, 15) is 29.1 Å². The standard InChI is InChI=1S/C10H14NO5.C10H12NO3.C8H9NO4.C7H8BrNO3.2Y/c1-4-15-10(14)7-5(2)9(16-11-7)8(13)6(3)12;1-4-6-8-7(3)9(11-14-8)10(12)13-5-2;1-3-12-8(11)7-5(2)6(4-10)13-9-7;1-3-11-7(10)5-4(2)6(8)12-9-5;;/h8,12-13H,4H2,1-3H3;6H,5H2,1-3H3;4H,3H2,1-2H3;3H2,1-2H3;;/q2*-1;;;;. The third kappa shape index (κ3) is 16.9. The molecule has 4 heterocycles. The van der Waals surface area contributed by atoms with E-state index in [0.29, 0.717) is 52.2 Å². The summed E-state index contributed by atoms with van der Waals surface area (Å²) in [5, 5.41) is 32.7. The molecule has 0 aliphatic rings. The minimum absolute atomic E-state index is 0. The topological polar surface area (TPSA) is 267 Å². The Bertz CT molecular complexity index is 1900. The number of carbonyl (C=O) groups is 5. The first-order valence-electron chi connectivity index (χ1n) is 16.4. The van der Waals surface area contributed by atoms with Gasteiger partial charge in [0.15, 0.2) is 29.1 Å². The predicted octanol–water partition coefficient (Wildman–Crippen LogP) is 6.00. The van der Waals surface area contributed by atoms with Gasteiger partial charge in [-0.15, -0.1) is 6.92 Å². The second-order valence-electron chi connectivity index (χ2n) is 10.5. The molecule has 4 rings (SSSR count). The van der Waals surface area contributed by atoms with E-state index in [4.69, 9.17) is 32.9 Å². The van der Waals surface area contributed by atoms with Crippen LogP contribution in [0.15, 0.2) is 22.8 Å². The summed E-state index contributed by atoms with van der Waals surface area (Å²) in [6.07, 6.45) is 3.42. The molecule has 1 atom stereocenters. The Morgan fingerprint density at radius 3 is 1.37 bits per heavy atom. The molecule has 0 aliphatic carbocycles. The molecule has 0 saturated heterocycles. The summed E-state index contributed by atoms with van der Waals surface area (Å²) >= 11 is 3.10. The monoisotopic (exact) mass is 1020 g/mol. The molecule has 4 aromatic heterocycles. The van der Waals surface area contributed by atoms with Gasteiger partial charge in [0.05, 0.1) is 26.4 Å². The number of allylic oxidation sites excluding steroid dienone is 1. The van der Waals surface area contributed by atoms with Gasteiger partial charge < -0.3 is 47.3 Å². The van der Waals surface area contributed by atoms with E-state index in [1.807, 2.05) is 0 Å². The zero-order valence-electron chi connectivity index (χ0n) is 33.1. The van der Waals surface area contributed by atoms with Crippen molar-refractivity contribution in [3.8, 4) is 0 Å². The maximum atomic E-state index is 11.4. The number of aromatic nitrogens is 4. The van der Waals surface area contributed by atoms with Crippen LogP contribution >= 0.6 is 15.9 Å². The van der Waals surface area contributed by atoms with E-state index in [1.54, 1.807) is 68.4 Å². The summed E-state index contributed by atoms with van der Waals surface area (Å²) in [5.74, 6) is -1.45. The summed E-state index contributed by atoms with van der Waals surface area (Å²) in [5.41, 5.74) is 2.64. The summed E-state index contributed by atoms with van der Waals surface area (Å²) in [7, 11) is 0. The van der Waals surface area contributed by atoms with Crippen molar-refractivity contribution in [2.45, 2.75) is 75.3 Å². The zero-order chi connectivity index (χ0) is 41.8. The SMILES string of the molecule is CCOC(=O)c1noc(Br)c1C.CCOC(=O)c1noc(C(O)[C-](C)O)c1C.CCOC(=O)c1noc(C=O)c1C.C[C-]=Cc1onc(C(=O)OCC)c1C.[Y].[Y]. The number of aliphatic hydroxyl groups is 2. The first kappa shape index (κ1) is 55.8. The molecule has 0 bridgehead atoms. The van der Waals surface area contributed by atoms with E-state index in [-0.39, 0.29) is 119 Å². The fraction of sp³-hybridized carbons (Fsp3) is 0.429. The minimum atomic E-state index is -1.28. The van der Waals surface area contributed by atoms with Crippen molar-refractivity contribution < 1.29 is 137 Å². The zero-order valence-corrected chi connectivity index (χ0v) is 40.3. The normalized spacial score (nSPS) is 10.6. The number of rotatable bonds is 12. The smallest absolute Gasteiger partial charge is 0.360 e. The van der Waals surface area contributed by atoms with Crippen molar-refractivity contribution in [2.24, 2.45) is 0 Å². The maximum Gasteiger partial charge on any atom is 0.360 e. The number of ether oxygens (including phenoxy) is 4. The van der Waals surface area contributed by atoms with Crippen LogP contribution < -0.4 is 0 Å². The number of esters is 4. The van der Waals surface area contributed by atoms with Crippen LogP contribution in [0.2, 0.25) is 0 Å². The molecule has 0 fully saturated rings. The summed E-state index contributed by atoms with van der Waals surface area (Å²) in [4.78, 5) is 55.3. The average molecular weight is 1020 g/mol. The third-order valence-electron chi connectivity index (χ3n) is 6.65. The molecule has 19 nitrogen and oxygen atoms in total. The predicted molar refractivity (Wildman–Crippen MR) is 191 cm³/mol. The molecule has 4 aromatic rings. The average Bonchev–Trinajstić information content (AvgIpc) is 3.91. The summed E-state index contributed by atoms with van der Waals surface area (Å²) in [6.45, 7) is 17.7. The number of nitrogens with zero attached hydrogens (tertiary/aromatic N) is 4. The van der Waals surface area contributed by atoms with Crippen LogP contribution in [-0.2, 0) is 84.4 Å². The summed E-state index contributed by atoms with van der Waals surface area (Å²) < 4.78 is 38.5. The fourth-order valence-electron chi connectivity index (χ4n) is 3.74. The molecular formula is C35H43BrN4O15Y2-2. The number of aldehydes is 1. The van der Waals surface area contributed by atoms with Gasteiger partial charge in [0.2, 0.25) is 10.4 Å². The molecule has 308 valence electrons. The van der Waals surface area contributed by atoms with Gasteiger partial charge in [-0.1, -0.05) is 33.1 Å². The number of halogens is 1. The van der Waals surface area contributed by atoms with Crippen molar-refractivity contribution in [3.63, 3.8) is 0 Å². The van der Waals surface area contributed by atoms with Crippen molar-refractivity contribution in [2.75, 3.05) is 26.4 Å². The van der Waals surface area contributed by atoms with Crippen LogP contribution in [0.25, 0.3) is 6.08 Å². The molecule has 1 unspecified atom stereocenters. The van der Waals surface area contributed by atoms with Gasteiger partial charge in [0.25, 0.3) is 0 Å². The molecule has 0 aromatic carbocycles. The number of carbonyl (C=O) groups excluding carboxylic acids is 5. The van der Waals surface area contributed by atoms with Crippen molar-refractivity contribution >= 4 is 52.2 Å². The first-order chi connectivity index (χ1) is 26.1. The Balaban J connectivity index is 0. The Kier molecular flexibility index (Phi) is 28.4. The van der Waals surface area contributed by atoms with Gasteiger partial charge in [-0.05, 0) is 64.4 Å². The molecule has 2 radical (unpaired) electrons. The number of hydrogen-bond acceptors (Lipinski definition) is 19. The fourth-order valence-corrected chi connectivity index (χ4v) is 4.00. The van der Waals surface area contributed by atoms with E-state index < -0.39 is 30.0 Å². The van der Waals surface area contributed by atoms with Crippen LogP contribution in [0.1, 0.15) is 134 Å².